The summed E-state index contributed by atoms with van der Waals surface area (Å²) in [5.41, 5.74) is 1.63. The molecule has 1 spiro atoms. The fourth-order valence-corrected chi connectivity index (χ4v) is 5.29. The second-order valence-electron chi connectivity index (χ2n) is 9.49. The lowest BCUT2D eigenvalue weighted by Crippen LogP contribution is -2.44. The number of nitrogens with zero attached hydrogens (tertiary/aromatic N) is 4. The summed E-state index contributed by atoms with van der Waals surface area (Å²) in [5, 5.41) is 2.96. The van der Waals surface area contributed by atoms with Crippen LogP contribution >= 0.6 is 0 Å². The van der Waals surface area contributed by atoms with Crippen LogP contribution in [0, 0.1) is 6.92 Å². The molecule has 0 unspecified atom stereocenters. The summed E-state index contributed by atoms with van der Waals surface area (Å²) < 4.78 is 7.05. The van der Waals surface area contributed by atoms with Crippen LogP contribution in [0.1, 0.15) is 59.9 Å². The maximum atomic E-state index is 13.4. The normalized spacial score (nSPS) is 21.9. The highest BCUT2D eigenvalue weighted by Gasteiger charge is 2.48. The molecule has 3 amide bonds. The first-order valence-corrected chi connectivity index (χ1v) is 11.3. The summed E-state index contributed by atoms with van der Waals surface area (Å²) in [6.45, 7) is 8.29. The molecule has 3 aliphatic rings. The highest BCUT2D eigenvalue weighted by atomic mass is 16.3. The summed E-state index contributed by atoms with van der Waals surface area (Å²) >= 11 is 0. The average molecular weight is 440 g/mol. The molecule has 9 heteroatoms. The molecule has 170 valence electrons. The molecule has 2 aromatic rings. The van der Waals surface area contributed by atoms with Crippen molar-refractivity contribution < 1.29 is 14.0 Å². The van der Waals surface area contributed by atoms with Crippen LogP contribution in [0.4, 0.5) is 4.79 Å². The summed E-state index contributed by atoms with van der Waals surface area (Å²) in [6, 6.07) is 1.70. The SMILES string of the molecule is Cc1occc1C(=O)N1CCc2nc3n(c(=O)c2C1)CC[C@@]31CCN(C(=O)NC(C)C)C1. The summed E-state index contributed by atoms with van der Waals surface area (Å²) in [5.74, 6) is 1.27. The van der Waals surface area contributed by atoms with Gasteiger partial charge in [-0.1, -0.05) is 0 Å². The lowest BCUT2D eigenvalue weighted by molar-refractivity contribution is 0.0730. The van der Waals surface area contributed by atoms with Gasteiger partial charge in [-0.05, 0) is 39.7 Å². The number of furan rings is 1. The molecule has 0 saturated carbocycles. The summed E-state index contributed by atoms with van der Waals surface area (Å²) in [6.07, 6.45) is 3.68. The molecule has 1 atom stereocenters. The third kappa shape index (κ3) is 3.22. The number of hydrogen-bond donors (Lipinski definition) is 1. The molecule has 3 aliphatic heterocycles. The van der Waals surface area contributed by atoms with E-state index in [4.69, 9.17) is 9.40 Å². The predicted molar refractivity (Wildman–Crippen MR) is 117 cm³/mol. The zero-order valence-electron chi connectivity index (χ0n) is 18.8. The van der Waals surface area contributed by atoms with Crippen LogP contribution in [0.2, 0.25) is 0 Å². The first-order valence-electron chi connectivity index (χ1n) is 11.3. The largest absolute Gasteiger partial charge is 0.469 e. The maximum absolute atomic E-state index is 13.4. The molecule has 1 fully saturated rings. The van der Waals surface area contributed by atoms with E-state index in [1.165, 1.54) is 6.26 Å². The predicted octanol–water partition coefficient (Wildman–Crippen LogP) is 1.81. The highest BCUT2D eigenvalue weighted by Crippen LogP contribution is 2.41. The standard InChI is InChI=1S/C23H29N5O4/c1-14(2)24-22(31)27-9-6-23(13-27)7-10-28-20(30)17-12-26(8-4-18(17)25-21(23)28)19(29)16-5-11-32-15(16)3/h5,11,14H,4,6-10,12-13H2,1-3H3,(H,24,31)/t23-/m1/s1. The van der Waals surface area contributed by atoms with E-state index in [-0.39, 0.29) is 35.5 Å². The Balaban J connectivity index is 1.41. The van der Waals surface area contributed by atoms with E-state index in [1.54, 1.807) is 22.5 Å². The minimum absolute atomic E-state index is 0.0478. The average Bonchev–Trinajstić information content (AvgIpc) is 3.47. The summed E-state index contributed by atoms with van der Waals surface area (Å²) in [7, 11) is 0. The Hall–Kier alpha value is -3.10. The fourth-order valence-electron chi connectivity index (χ4n) is 5.29. The number of urea groups is 1. The number of aryl methyl sites for hydroxylation is 1. The third-order valence-corrected chi connectivity index (χ3v) is 7.03. The Labute approximate surface area is 186 Å². The van der Waals surface area contributed by atoms with Crippen LogP contribution in [0.3, 0.4) is 0 Å². The van der Waals surface area contributed by atoms with Crippen molar-refractivity contribution in [2.75, 3.05) is 19.6 Å². The van der Waals surface area contributed by atoms with E-state index in [2.05, 4.69) is 5.32 Å². The van der Waals surface area contributed by atoms with Gasteiger partial charge < -0.3 is 19.5 Å². The molecule has 1 saturated heterocycles. The molecule has 9 nitrogen and oxygen atoms in total. The van der Waals surface area contributed by atoms with E-state index < -0.39 is 0 Å². The van der Waals surface area contributed by atoms with E-state index in [0.29, 0.717) is 49.5 Å². The van der Waals surface area contributed by atoms with Gasteiger partial charge in [0.05, 0.1) is 29.6 Å². The van der Waals surface area contributed by atoms with Gasteiger partial charge >= 0.3 is 6.03 Å². The molecule has 32 heavy (non-hydrogen) atoms. The number of hydrogen-bond acceptors (Lipinski definition) is 5. The van der Waals surface area contributed by atoms with Crippen molar-refractivity contribution in [2.24, 2.45) is 0 Å². The molecule has 0 aliphatic carbocycles. The zero-order valence-corrected chi connectivity index (χ0v) is 18.8. The van der Waals surface area contributed by atoms with Crippen molar-refractivity contribution in [3.63, 3.8) is 0 Å². The van der Waals surface area contributed by atoms with Crippen molar-refractivity contribution >= 4 is 11.9 Å². The quantitative estimate of drug-likeness (QED) is 0.769. The van der Waals surface area contributed by atoms with Crippen LogP contribution in [0.15, 0.2) is 21.5 Å². The fraction of sp³-hybridized carbons (Fsp3) is 0.565. The molecule has 0 radical (unpaired) electrons. The van der Waals surface area contributed by atoms with Crippen molar-refractivity contribution in [1.29, 1.82) is 0 Å². The monoisotopic (exact) mass is 439 g/mol. The Morgan fingerprint density at radius 3 is 2.69 bits per heavy atom. The van der Waals surface area contributed by atoms with Crippen molar-refractivity contribution in [3.05, 3.63) is 51.1 Å². The van der Waals surface area contributed by atoms with Crippen molar-refractivity contribution in [2.45, 2.75) is 64.6 Å². The number of aromatic nitrogens is 2. The van der Waals surface area contributed by atoms with Crippen molar-refractivity contribution in [1.82, 2.24) is 24.7 Å². The van der Waals surface area contributed by atoms with Gasteiger partial charge in [0.2, 0.25) is 0 Å². The Morgan fingerprint density at radius 2 is 1.97 bits per heavy atom. The molecule has 1 N–H and O–H groups in total. The molecule has 0 bridgehead atoms. The number of nitrogens with one attached hydrogen (secondary N) is 1. The second kappa shape index (κ2) is 7.50. The van der Waals surface area contributed by atoms with Gasteiger partial charge in [-0.3, -0.25) is 14.2 Å². The number of likely N-dealkylation sites (tertiary alicyclic amines) is 1. The number of carbonyl (C=O) groups is 2. The number of carbonyl (C=O) groups excluding carboxylic acids is 2. The van der Waals surface area contributed by atoms with Gasteiger partial charge in [0.1, 0.15) is 11.6 Å². The van der Waals surface area contributed by atoms with E-state index in [0.717, 1.165) is 24.4 Å². The van der Waals surface area contributed by atoms with Gasteiger partial charge in [-0.15, -0.1) is 0 Å². The molecule has 0 aromatic carbocycles. The van der Waals surface area contributed by atoms with Crippen LogP contribution in [-0.4, -0.2) is 57.0 Å². The van der Waals surface area contributed by atoms with Gasteiger partial charge in [-0.2, -0.15) is 0 Å². The maximum Gasteiger partial charge on any atom is 0.317 e. The first-order chi connectivity index (χ1) is 15.3. The van der Waals surface area contributed by atoms with E-state index in [1.807, 2.05) is 18.7 Å². The molecular formula is C23H29N5O4. The second-order valence-corrected chi connectivity index (χ2v) is 9.49. The lowest BCUT2D eigenvalue weighted by atomic mass is 9.85. The highest BCUT2D eigenvalue weighted by molar-refractivity contribution is 5.95. The van der Waals surface area contributed by atoms with Crippen LogP contribution in [0.5, 0.6) is 0 Å². The number of fused-ring (bicyclic) bond motifs is 3. The minimum atomic E-state index is -0.261. The Bertz CT molecular complexity index is 1150. The van der Waals surface area contributed by atoms with Crippen LogP contribution in [-0.2, 0) is 24.9 Å². The smallest absolute Gasteiger partial charge is 0.317 e. The topological polar surface area (TPSA) is 101 Å². The van der Waals surface area contributed by atoms with Gasteiger partial charge in [0.15, 0.2) is 0 Å². The van der Waals surface area contributed by atoms with E-state index in [9.17, 15) is 14.4 Å². The molecule has 2 aromatic heterocycles. The Kier molecular flexibility index (Phi) is 4.87. The lowest BCUT2D eigenvalue weighted by Gasteiger charge is -2.30. The van der Waals surface area contributed by atoms with Gasteiger partial charge in [0, 0.05) is 44.1 Å². The van der Waals surface area contributed by atoms with Crippen LogP contribution < -0.4 is 10.9 Å². The zero-order chi connectivity index (χ0) is 22.6. The number of rotatable bonds is 2. The first kappa shape index (κ1) is 20.8. The Morgan fingerprint density at radius 1 is 1.19 bits per heavy atom. The number of amides is 3. The van der Waals surface area contributed by atoms with Crippen LogP contribution in [0.25, 0.3) is 0 Å². The van der Waals surface area contributed by atoms with E-state index >= 15 is 0 Å². The van der Waals surface area contributed by atoms with Gasteiger partial charge in [-0.25, -0.2) is 9.78 Å². The van der Waals surface area contributed by atoms with Crippen molar-refractivity contribution in [3.8, 4) is 0 Å². The van der Waals surface area contributed by atoms with Gasteiger partial charge in [0.25, 0.3) is 11.5 Å². The molecule has 5 rings (SSSR count). The summed E-state index contributed by atoms with van der Waals surface area (Å²) in [4.78, 5) is 47.3. The molecular weight excluding hydrogens is 410 g/mol. The third-order valence-electron chi connectivity index (χ3n) is 7.03. The minimum Gasteiger partial charge on any atom is -0.469 e. The molecule has 5 heterocycles.